The summed E-state index contributed by atoms with van der Waals surface area (Å²) in [5.41, 5.74) is 0.828. The third kappa shape index (κ3) is 2.19. The molecule has 1 aromatic rings. The van der Waals surface area contributed by atoms with Crippen molar-refractivity contribution in [2.75, 3.05) is 7.11 Å². The van der Waals surface area contributed by atoms with Crippen LogP contribution in [0, 0.1) is 0 Å². The van der Waals surface area contributed by atoms with Crippen molar-refractivity contribution in [3.8, 4) is 5.75 Å². The highest BCUT2D eigenvalue weighted by Crippen LogP contribution is 2.30. The van der Waals surface area contributed by atoms with Crippen LogP contribution in [0.15, 0.2) is 23.1 Å². The molecule has 0 saturated heterocycles. The van der Waals surface area contributed by atoms with Crippen LogP contribution >= 0.6 is 10.7 Å². The highest BCUT2D eigenvalue weighted by Gasteiger charge is 2.18. The minimum absolute atomic E-state index is 0.0287. The summed E-state index contributed by atoms with van der Waals surface area (Å²) < 4.78 is 27.4. The van der Waals surface area contributed by atoms with Crippen LogP contribution in [0.1, 0.15) is 12.5 Å². The highest BCUT2D eigenvalue weighted by molar-refractivity contribution is 8.13. The number of ether oxygens (including phenoxy) is 1. The van der Waals surface area contributed by atoms with Gasteiger partial charge in [-0.1, -0.05) is 19.1 Å². The van der Waals surface area contributed by atoms with Crippen LogP contribution < -0.4 is 4.74 Å². The maximum absolute atomic E-state index is 11.2. The number of aryl methyl sites for hydroxylation is 1. The van der Waals surface area contributed by atoms with Gasteiger partial charge >= 0.3 is 0 Å². The Morgan fingerprint density at radius 2 is 2.07 bits per heavy atom. The lowest BCUT2D eigenvalue weighted by Gasteiger charge is -2.09. The molecule has 0 aliphatic heterocycles. The molecule has 0 unspecified atom stereocenters. The van der Waals surface area contributed by atoms with Crippen molar-refractivity contribution < 1.29 is 13.2 Å². The van der Waals surface area contributed by atoms with Crippen LogP contribution in [-0.4, -0.2) is 15.5 Å². The zero-order valence-electron chi connectivity index (χ0n) is 7.95. The predicted octanol–water partition coefficient (Wildman–Crippen LogP) is 2.19. The van der Waals surface area contributed by atoms with E-state index < -0.39 is 9.05 Å². The van der Waals surface area contributed by atoms with Crippen molar-refractivity contribution in [1.29, 1.82) is 0 Å². The molecule has 0 bridgehead atoms. The Bertz CT molecular complexity index is 426. The molecule has 0 aliphatic rings. The number of rotatable bonds is 3. The van der Waals surface area contributed by atoms with Crippen LogP contribution in [0.3, 0.4) is 0 Å². The number of benzene rings is 1. The lowest BCUT2D eigenvalue weighted by molar-refractivity contribution is 0.398. The Kier molecular flexibility index (Phi) is 3.39. The normalized spacial score (nSPS) is 11.4. The lowest BCUT2D eigenvalue weighted by atomic mass is 10.1. The summed E-state index contributed by atoms with van der Waals surface area (Å²) in [7, 11) is 2.96. The molecule has 1 aromatic carbocycles. The SMILES string of the molecule is CCc1cccc(S(=O)(=O)Cl)c1OC. The van der Waals surface area contributed by atoms with Crippen LogP contribution in [0.25, 0.3) is 0 Å². The predicted molar refractivity (Wildman–Crippen MR) is 55.4 cm³/mol. The Labute approximate surface area is 88.1 Å². The average molecular weight is 235 g/mol. The Hall–Kier alpha value is -0.740. The van der Waals surface area contributed by atoms with Gasteiger partial charge in [0.2, 0.25) is 0 Å². The highest BCUT2D eigenvalue weighted by atomic mass is 35.7. The Morgan fingerprint density at radius 3 is 2.50 bits per heavy atom. The summed E-state index contributed by atoms with van der Waals surface area (Å²) in [4.78, 5) is 0.0287. The van der Waals surface area contributed by atoms with E-state index in [9.17, 15) is 8.42 Å². The van der Waals surface area contributed by atoms with Crippen LogP contribution in [-0.2, 0) is 15.5 Å². The van der Waals surface area contributed by atoms with E-state index in [2.05, 4.69) is 0 Å². The smallest absolute Gasteiger partial charge is 0.264 e. The third-order valence-corrected chi connectivity index (χ3v) is 3.25. The van der Waals surface area contributed by atoms with E-state index in [1.165, 1.54) is 13.2 Å². The molecule has 5 heteroatoms. The second-order valence-corrected chi connectivity index (χ2v) is 5.27. The molecule has 3 nitrogen and oxygen atoms in total. The fourth-order valence-corrected chi connectivity index (χ4v) is 2.30. The van der Waals surface area contributed by atoms with E-state index in [1.54, 1.807) is 6.07 Å². The van der Waals surface area contributed by atoms with Crippen LogP contribution in [0.4, 0.5) is 0 Å². The van der Waals surface area contributed by atoms with Crippen molar-refractivity contribution in [3.05, 3.63) is 23.8 Å². The number of hydrogen-bond donors (Lipinski definition) is 0. The number of methoxy groups -OCH3 is 1. The van der Waals surface area contributed by atoms with Crippen molar-refractivity contribution in [1.82, 2.24) is 0 Å². The Balaban J connectivity index is 3.45. The maximum atomic E-state index is 11.2. The van der Waals surface area contributed by atoms with E-state index in [0.717, 1.165) is 5.56 Å². The van der Waals surface area contributed by atoms with E-state index in [-0.39, 0.29) is 4.90 Å². The number of halogens is 1. The van der Waals surface area contributed by atoms with Gasteiger partial charge in [-0.2, -0.15) is 0 Å². The molecule has 0 fully saturated rings. The standard InChI is InChI=1S/C9H11ClO3S/c1-3-7-5-4-6-8(9(7)13-2)14(10,11)12/h4-6H,3H2,1-2H3. The quantitative estimate of drug-likeness (QED) is 0.753. The summed E-state index contributed by atoms with van der Waals surface area (Å²) in [5, 5.41) is 0. The van der Waals surface area contributed by atoms with Gasteiger partial charge in [0.05, 0.1) is 7.11 Å². The van der Waals surface area contributed by atoms with E-state index in [4.69, 9.17) is 15.4 Å². The summed E-state index contributed by atoms with van der Waals surface area (Å²) >= 11 is 0. The lowest BCUT2D eigenvalue weighted by Crippen LogP contribution is -1.99. The van der Waals surface area contributed by atoms with Crippen LogP contribution in [0.2, 0.25) is 0 Å². The van der Waals surface area contributed by atoms with Crippen molar-refractivity contribution in [2.45, 2.75) is 18.2 Å². The third-order valence-electron chi connectivity index (χ3n) is 1.91. The molecule has 0 aliphatic carbocycles. The van der Waals surface area contributed by atoms with Gasteiger partial charge in [-0.25, -0.2) is 8.42 Å². The molecule has 0 saturated carbocycles. The number of hydrogen-bond acceptors (Lipinski definition) is 3. The fraction of sp³-hybridized carbons (Fsp3) is 0.333. The summed E-state index contributed by atoms with van der Waals surface area (Å²) in [6.45, 7) is 1.92. The largest absolute Gasteiger partial charge is 0.495 e. The first kappa shape index (κ1) is 11.3. The monoisotopic (exact) mass is 234 g/mol. The van der Waals surface area contributed by atoms with Gasteiger partial charge in [0.25, 0.3) is 9.05 Å². The molecule has 1 rings (SSSR count). The number of para-hydroxylation sites is 1. The van der Waals surface area contributed by atoms with Gasteiger partial charge in [0.1, 0.15) is 10.6 Å². The molecular formula is C9H11ClO3S. The van der Waals surface area contributed by atoms with Crippen molar-refractivity contribution >= 4 is 19.7 Å². The zero-order valence-corrected chi connectivity index (χ0v) is 9.52. The molecule has 0 aromatic heterocycles. The van der Waals surface area contributed by atoms with Gasteiger partial charge in [0.15, 0.2) is 0 Å². The molecule has 78 valence electrons. The molecule has 0 radical (unpaired) electrons. The summed E-state index contributed by atoms with van der Waals surface area (Å²) in [5.74, 6) is 0.338. The fourth-order valence-electron chi connectivity index (χ4n) is 1.26. The Morgan fingerprint density at radius 1 is 1.43 bits per heavy atom. The first-order chi connectivity index (χ1) is 6.50. The topological polar surface area (TPSA) is 43.4 Å². The van der Waals surface area contributed by atoms with E-state index >= 15 is 0 Å². The van der Waals surface area contributed by atoms with E-state index in [1.807, 2.05) is 13.0 Å². The van der Waals surface area contributed by atoms with Gasteiger partial charge in [0, 0.05) is 10.7 Å². The first-order valence-electron chi connectivity index (χ1n) is 4.11. The molecule has 14 heavy (non-hydrogen) atoms. The molecule has 0 spiro atoms. The van der Waals surface area contributed by atoms with Crippen LogP contribution in [0.5, 0.6) is 5.75 Å². The summed E-state index contributed by atoms with van der Waals surface area (Å²) in [6, 6.07) is 4.89. The zero-order chi connectivity index (χ0) is 10.8. The van der Waals surface area contributed by atoms with Crippen molar-refractivity contribution in [2.24, 2.45) is 0 Å². The molecule has 0 N–H and O–H groups in total. The molecular weight excluding hydrogens is 224 g/mol. The molecule has 0 heterocycles. The van der Waals surface area contributed by atoms with Gasteiger partial charge in [-0.3, -0.25) is 0 Å². The second kappa shape index (κ2) is 4.19. The van der Waals surface area contributed by atoms with Gasteiger partial charge in [-0.15, -0.1) is 0 Å². The first-order valence-corrected chi connectivity index (χ1v) is 6.42. The van der Waals surface area contributed by atoms with Gasteiger partial charge in [-0.05, 0) is 18.1 Å². The van der Waals surface area contributed by atoms with Gasteiger partial charge < -0.3 is 4.74 Å². The van der Waals surface area contributed by atoms with E-state index in [0.29, 0.717) is 12.2 Å². The average Bonchev–Trinajstić information content (AvgIpc) is 2.15. The minimum Gasteiger partial charge on any atom is -0.495 e. The van der Waals surface area contributed by atoms with Crippen molar-refractivity contribution in [3.63, 3.8) is 0 Å². The second-order valence-electron chi connectivity index (χ2n) is 2.74. The minimum atomic E-state index is -3.73. The summed E-state index contributed by atoms with van der Waals surface area (Å²) in [6.07, 6.45) is 0.698. The molecule has 0 atom stereocenters. The maximum Gasteiger partial charge on any atom is 0.264 e. The molecule has 0 amide bonds.